The van der Waals surface area contributed by atoms with Crippen molar-refractivity contribution < 1.29 is 0 Å². The van der Waals surface area contributed by atoms with E-state index in [1.807, 2.05) is 0 Å². The van der Waals surface area contributed by atoms with Crippen molar-refractivity contribution in [3.63, 3.8) is 0 Å². The van der Waals surface area contributed by atoms with E-state index in [0.717, 1.165) is 0 Å². The van der Waals surface area contributed by atoms with Crippen LogP contribution >= 0.6 is 0 Å². The standard InChI is InChI=1S/C33H24/c1-23-20-30(32-17-13-25-7-3-5-9-29(25)22-32)18-19-33(23)27-14-10-26(11-15-27)31-16-12-24-6-2-4-8-28(24)21-31/h2-22H,1H3. The molecular formula is C33H24. The van der Waals surface area contributed by atoms with Crippen molar-refractivity contribution in [2.45, 2.75) is 6.92 Å². The fourth-order valence-electron chi connectivity index (χ4n) is 4.75. The van der Waals surface area contributed by atoms with E-state index < -0.39 is 0 Å². The molecule has 6 aromatic carbocycles. The van der Waals surface area contributed by atoms with Gasteiger partial charge in [-0.3, -0.25) is 0 Å². The molecule has 0 amide bonds. The maximum atomic E-state index is 2.30. The van der Waals surface area contributed by atoms with E-state index in [9.17, 15) is 0 Å². The van der Waals surface area contributed by atoms with Crippen LogP contribution in [0.15, 0.2) is 127 Å². The molecule has 0 N–H and O–H groups in total. The summed E-state index contributed by atoms with van der Waals surface area (Å²) >= 11 is 0. The smallest absolute Gasteiger partial charge is 0.0154 e. The molecule has 0 heteroatoms. The van der Waals surface area contributed by atoms with Gasteiger partial charge < -0.3 is 0 Å². The Bertz CT molecular complexity index is 1600. The van der Waals surface area contributed by atoms with Crippen LogP contribution in [0.1, 0.15) is 5.56 Å². The van der Waals surface area contributed by atoms with E-state index in [-0.39, 0.29) is 0 Å². The fraction of sp³-hybridized carbons (Fsp3) is 0.0303. The Balaban J connectivity index is 1.31. The summed E-state index contributed by atoms with van der Waals surface area (Å²) in [7, 11) is 0. The maximum absolute atomic E-state index is 2.30. The lowest BCUT2D eigenvalue weighted by atomic mass is 9.93. The first-order chi connectivity index (χ1) is 16.2. The fourth-order valence-corrected chi connectivity index (χ4v) is 4.75. The number of aryl methyl sites for hydroxylation is 1. The third kappa shape index (κ3) is 3.70. The zero-order chi connectivity index (χ0) is 22.2. The molecule has 6 rings (SSSR count). The van der Waals surface area contributed by atoms with Crippen LogP contribution in [0.3, 0.4) is 0 Å². The minimum absolute atomic E-state index is 1.25. The second-order valence-corrected chi connectivity index (χ2v) is 8.73. The van der Waals surface area contributed by atoms with Gasteiger partial charge in [-0.15, -0.1) is 0 Å². The lowest BCUT2D eigenvalue weighted by Gasteiger charge is -2.11. The largest absolute Gasteiger partial charge is 0.0616 e. The van der Waals surface area contributed by atoms with Crippen LogP contribution in [0.2, 0.25) is 0 Å². The second-order valence-electron chi connectivity index (χ2n) is 8.73. The number of rotatable bonds is 3. The monoisotopic (exact) mass is 420 g/mol. The summed E-state index contributed by atoms with van der Waals surface area (Å²) in [5, 5.41) is 5.11. The third-order valence-electron chi connectivity index (χ3n) is 6.59. The summed E-state index contributed by atoms with van der Waals surface area (Å²) in [6.07, 6.45) is 0. The first-order valence-electron chi connectivity index (χ1n) is 11.4. The van der Waals surface area contributed by atoms with Gasteiger partial charge in [-0.25, -0.2) is 0 Å². The number of hydrogen-bond acceptors (Lipinski definition) is 0. The zero-order valence-corrected chi connectivity index (χ0v) is 18.6. The van der Waals surface area contributed by atoms with E-state index in [1.165, 1.54) is 60.5 Å². The molecule has 0 heterocycles. The lowest BCUT2D eigenvalue weighted by Crippen LogP contribution is -1.87. The van der Waals surface area contributed by atoms with Gasteiger partial charge >= 0.3 is 0 Å². The summed E-state index contributed by atoms with van der Waals surface area (Å²) in [6.45, 7) is 2.21. The molecule has 6 aromatic rings. The van der Waals surface area contributed by atoms with E-state index in [2.05, 4.69) is 134 Å². The molecule has 0 aliphatic heterocycles. The molecular weight excluding hydrogens is 396 g/mol. The highest BCUT2D eigenvalue weighted by Gasteiger charge is 2.07. The minimum Gasteiger partial charge on any atom is -0.0616 e. The predicted octanol–water partition coefficient (Wildman–Crippen LogP) is 9.30. The summed E-state index contributed by atoms with van der Waals surface area (Å²) in [5.41, 5.74) is 8.84. The van der Waals surface area contributed by atoms with E-state index >= 15 is 0 Å². The van der Waals surface area contributed by atoms with Crippen molar-refractivity contribution >= 4 is 21.5 Å². The van der Waals surface area contributed by atoms with Gasteiger partial charge in [-0.1, -0.05) is 115 Å². The molecule has 0 aliphatic carbocycles. The van der Waals surface area contributed by atoms with Gasteiger partial charge in [0.05, 0.1) is 0 Å². The van der Waals surface area contributed by atoms with Crippen molar-refractivity contribution in [1.29, 1.82) is 0 Å². The van der Waals surface area contributed by atoms with Crippen molar-refractivity contribution in [1.82, 2.24) is 0 Å². The number of benzene rings is 6. The van der Waals surface area contributed by atoms with Crippen LogP contribution in [0, 0.1) is 6.92 Å². The van der Waals surface area contributed by atoms with E-state index in [1.54, 1.807) is 0 Å². The average molecular weight is 421 g/mol. The second kappa shape index (κ2) is 8.07. The molecule has 156 valence electrons. The molecule has 0 radical (unpaired) electrons. The molecule has 0 fully saturated rings. The molecule has 0 aromatic heterocycles. The summed E-state index contributed by atoms with van der Waals surface area (Å²) in [5.74, 6) is 0. The summed E-state index contributed by atoms with van der Waals surface area (Å²) in [6, 6.07) is 46.2. The normalized spacial score (nSPS) is 11.2. The Kier molecular flexibility index (Phi) is 4.78. The van der Waals surface area contributed by atoms with Gasteiger partial charge in [0, 0.05) is 0 Å². The van der Waals surface area contributed by atoms with Gasteiger partial charge in [0.15, 0.2) is 0 Å². The Labute approximate surface area is 194 Å². The highest BCUT2D eigenvalue weighted by molar-refractivity contribution is 5.89. The van der Waals surface area contributed by atoms with Crippen LogP contribution in [0.5, 0.6) is 0 Å². The van der Waals surface area contributed by atoms with Crippen LogP contribution in [-0.4, -0.2) is 0 Å². The number of fused-ring (bicyclic) bond motifs is 2. The molecule has 0 saturated carbocycles. The third-order valence-corrected chi connectivity index (χ3v) is 6.59. The van der Waals surface area contributed by atoms with Crippen molar-refractivity contribution in [3.8, 4) is 33.4 Å². The minimum atomic E-state index is 1.25. The Morgan fingerprint density at radius 1 is 0.333 bits per heavy atom. The quantitative estimate of drug-likeness (QED) is 0.267. The van der Waals surface area contributed by atoms with Crippen LogP contribution in [0.4, 0.5) is 0 Å². The average Bonchev–Trinajstić information content (AvgIpc) is 2.88. The van der Waals surface area contributed by atoms with Crippen LogP contribution in [-0.2, 0) is 0 Å². The number of hydrogen-bond donors (Lipinski definition) is 0. The molecule has 0 saturated heterocycles. The zero-order valence-electron chi connectivity index (χ0n) is 18.6. The van der Waals surface area contributed by atoms with Gasteiger partial charge in [-0.05, 0) is 79.5 Å². The Morgan fingerprint density at radius 2 is 0.758 bits per heavy atom. The van der Waals surface area contributed by atoms with Gasteiger partial charge in [0.2, 0.25) is 0 Å². The molecule has 0 unspecified atom stereocenters. The van der Waals surface area contributed by atoms with Crippen LogP contribution in [0.25, 0.3) is 54.9 Å². The molecule has 0 atom stereocenters. The Hall–Kier alpha value is -4.16. The topological polar surface area (TPSA) is 0 Å². The van der Waals surface area contributed by atoms with E-state index in [4.69, 9.17) is 0 Å². The highest BCUT2D eigenvalue weighted by atomic mass is 14.1. The summed E-state index contributed by atoms with van der Waals surface area (Å²) in [4.78, 5) is 0. The maximum Gasteiger partial charge on any atom is -0.0154 e. The van der Waals surface area contributed by atoms with Crippen LogP contribution < -0.4 is 0 Å². The molecule has 0 spiro atoms. The van der Waals surface area contributed by atoms with Gasteiger partial charge in [0.1, 0.15) is 0 Å². The predicted molar refractivity (Wildman–Crippen MR) is 142 cm³/mol. The lowest BCUT2D eigenvalue weighted by molar-refractivity contribution is 1.45. The SMILES string of the molecule is Cc1cc(-c2ccc3ccccc3c2)ccc1-c1ccc(-c2ccc3ccccc3c2)cc1. The first kappa shape index (κ1) is 19.5. The van der Waals surface area contributed by atoms with Gasteiger partial charge in [-0.2, -0.15) is 0 Å². The molecule has 0 nitrogen and oxygen atoms in total. The molecule has 33 heavy (non-hydrogen) atoms. The van der Waals surface area contributed by atoms with Crippen molar-refractivity contribution in [3.05, 3.63) is 133 Å². The van der Waals surface area contributed by atoms with E-state index in [0.29, 0.717) is 0 Å². The van der Waals surface area contributed by atoms with Crippen molar-refractivity contribution in [2.75, 3.05) is 0 Å². The van der Waals surface area contributed by atoms with Crippen molar-refractivity contribution in [2.24, 2.45) is 0 Å². The van der Waals surface area contributed by atoms with Gasteiger partial charge in [0.25, 0.3) is 0 Å². The molecule has 0 aliphatic rings. The molecule has 0 bridgehead atoms. The first-order valence-corrected chi connectivity index (χ1v) is 11.4. The summed E-state index contributed by atoms with van der Waals surface area (Å²) < 4.78 is 0. The Morgan fingerprint density at radius 3 is 1.33 bits per heavy atom. The highest BCUT2D eigenvalue weighted by Crippen LogP contribution is 2.32.